The van der Waals surface area contributed by atoms with Crippen molar-refractivity contribution < 1.29 is 28.9 Å². The van der Waals surface area contributed by atoms with Gasteiger partial charge in [0.25, 0.3) is 0 Å². The van der Waals surface area contributed by atoms with Gasteiger partial charge in [0.2, 0.25) is 0 Å². The topological polar surface area (TPSA) is 94.1 Å². The largest absolute Gasteiger partial charge is 0.504 e. The van der Waals surface area contributed by atoms with E-state index in [0.29, 0.717) is 47.6 Å². The molecule has 0 saturated heterocycles. The molecule has 206 valence electrons. The van der Waals surface area contributed by atoms with Gasteiger partial charge in [0, 0.05) is 29.3 Å². The molecule has 0 spiro atoms. The number of aromatic hydroxyl groups is 1. The van der Waals surface area contributed by atoms with Crippen LogP contribution in [0.2, 0.25) is 0 Å². The number of benzene rings is 3. The minimum absolute atomic E-state index is 0.00261. The number of methoxy groups -OCH3 is 1. The van der Waals surface area contributed by atoms with E-state index in [0.717, 1.165) is 22.6 Å². The lowest BCUT2D eigenvalue weighted by atomic mass is 9.71. The molecule has 5 rings (SSSR count). The molecule has 2 atom stereocenters. The molecule has 3 aromatic rings. The zero-order valence-electron chi connectivity index (χ0n) is 22.9. The van der Waals surface area contributed by atoms with E-state index in [1.54, 1.807) is 19.2 Å². The fraction of sp³-hybridized carbons (Fsp3) is 0.273. The summed E-state index contributed by atoms with van der Waals surface area (Å²) in [6.07, 6.45) is 0.926. The lowest BCUT2D eigenvalue weighted by molar-refractivity contribution is -0.140. The predicted molar refractivity (Wildman–Crippen MR) is 151 cm³/mol. The number of allylic oxidation sites excluding steroid dienone is 3. The molecule has 0 saturated carbocycles. The van der Waals surface area contributed by atoms with Gasteiger partial charge in [-0.05, 0) is 67.1 Å². The number of dihydropyridines is 1. The molecule has 0 radical (unpaired) electrons. The Morgan fingerprint density at radius 1 is 1.00 bits per heavy atom. The van der Waals surface area contributed by atoms with Crippen molar-refractivity contribution in [2.45, 2.75) is 45.1 Å². The van der Waals surface area contributed by atoms with Crippen molar-refractivity contribution in [3.8, 4) is 17.2 Å². The van der Waals surface area contributed by atoms with Crippen LogP contribution in [-0.2, 0) is 20.9 Å². The molecule has 1 heterocycles. The molecule has 0 aromatic heterocycles. The summed E-state index contributed by atoms with van der Waals surface area (Å²) in [5, 5.41) is 13.7. The van der Waals surface area contributed by atoms with Gasteiger partial charge in [0.05, 0.1) is 19.3 Å². The first kappa shape index (κ1) is 27.1. The average Bonchev–Trinajstić information content (AvgIpc) is 2.97. The Morgan fingerprint density at radius 2 is 1.73 bits per heavy atom. The highest BCUT2D eigenvalue weighted by molar-refractivity contribution is 6.04. The average molecular weight is 540 g/mol. The Morgan fingerprint density at radius 3 is 2.42 bits per heavy atom. The fourth-order valence-electron chi connectivity index (χ4n) is 5.54. The van der Waals surface area contributed by atoms with Gasteiger partial charge in [-0.2, -0.15) is 0 Å². The summed E-state index contributed by atoms with van der Waals surface area (Å²) in [6.45, 7) is 4.14. The lowest BCUT2D eigenvalue weighted by Crippen LogP contribution is -2.36. The molecule has 0 fully saturated rings. The minimum atomic E-state index is -0.663. The monoisotopic (exact) mass is 539 g/mol. The molecular weight excluding hydrogens is 506 g/mol. The number of hydrogen-bond donors (Lipinski definition) is 2. The molecule has 7 nitrogen and oxygen atoms in total. The lowest BCUT2D eigenvalue weighted by Gasteiger charge is -2.36. The van der Waals surface area contributed by atoms with E-state index < -0.39 is 11.9 Å². The second-order valence-corrected chi connectivity index (χ2v) is 10.0. The maximum Gasteiger partial charge on any atom is 0.337 e. The number of hydrogen-bond acceptors (Lipinski definition) is 7. The zero-order chi connectivity index (χ0) is 28.2. The van der Waals surface area contributed by atoms with Crippen molar-refractivity contribution in [3.05, 3.63) is 112 Å². The van der Waals surface area contributed by atoms with E-state index in [2.05, 4.69) is 5.32 Å². The van der Waals surface area contributed by atoms with Gasteiger partial charge < -0.3 is 24.6 Å². The molecule has 0 amide bonds. The van der Waals surface area contributed by atoms with Crippen LogP contribution >= 0.6 is 0 Å². The van der Waals surface area contributed by atoms with E-state index in [-0.39, 0.29) is 24.1 Å². The number of nitrogens with one attached hydrogen (secondary N) is 1. The van der Waals surface area contributed by atoms with Gasteiger partial charge in [-0.1, -0.05) is 48.5 Å². The molecule has 7 heteroatoms. The van der Waals surface area contributed by atoms with Crippen LogP contribution in [0.25, 0.3) is 0 Å². The molecule has 0 unspecified atom stereocenters. The van der Waals surface area contributed by atoms with Crippen LogP contribution in [0.5, 0.6) is 17.2 Å². The molecule has 40 heavy (non-hydrogen) atoms. The third-order valence-corrected chi connectivity index (χ3v) is 7.46. The van der Waals surface area contributed by atoms with Gasteiger partial charge >= 0.3 is 5.97 Å². The summed E-state index contributed by atoms with van der Waals surface area (Å²) in [5.41, 5.74) is 4.96. The normalized spacial score (nSPS) is 18.6. The van der Waals surface area contributed by atoms with Crippen molar-refractivity contribution in [1.82, 2.24) is 5.32 Å². The van der Waals surface area contributed by atoms with E-state index in [1.165, 1.54) is 6.07 Å². The van der Waals surface area contributed by atoms with Crippen LogP contribution in [-0.4, -0.2) is 30.6 Å². The Kier molecular flexibility index (Phi) is 7.91. The van der Waals surface area contributed by atoms with Crippen LogP contribution in [0.15, 0.2) is 95.3 Å². The van der Waals surface area contributed by atoms with Gasteiger partial charge in [-0.25, -0.2) is 4.79 Å². The number of carbonyl (C=O) groups excluding carboxylic acids is 2. The van der Waals surface area contributed by atoms with Crippen LogP contribution in [0.1, 0.15) is 55.2 Å². The Balaban J connectivity index is 1.53. The SMILES string of the molecule is CCOc1cc([C@H]2C(C(=O)OCc3ccccc3)=C(C)NC3=C2C(=O)C[C@@H](c2ccc(OC)cc2)C3)ccc1O. The highest BCUT2D eigenvalue weighted by Crippen LogP contribution is 2.47. The van der Waals surface area contributed by atoms with Crippen molar-refractivity contribution in [1.29, 1.82) is 0 Å². The van der Waals surface area contributed by atoms with Gasteiger partial charge in [0.15, 0.2) is 17.3 Å². The maximum atomic E-state index is 13.9. The predicted octanol–water partition coefficient (Wildman–Crippen LogP) is 5.90. The third-order valence-electron chi connectivity index (χ3n) is 7.46. The number of ketones is 1. The zero-order valence-corrected chi connectivity index (χ0v) is 22.9. The van der Waals surface area contributed by atoms with E-state index in [9.17, 15) is 14.7 Å². The van der Waals surface area contributed by atoms with Crippen LogP contribution in [0, 0.1) is 0 Å². The number of Topliss-reactive ketones (excluding diaryl/α,β-unsaturated/α-hetero) is 1. The molecule has 1 aliphatic carbocycles. The van der Waals surface area contributed by atoms with Crippen LogP contribution in [0.3, 0.4) is 0 Å². The minimum Gasteiger partial charge on any atom is -0.504 e. The van der Waals surface area contributed by atoms with E-state index in [1.807, 2.05) is 68.4 Å². The molecule has 2 aliphatic rings. The van der Waals surface area contributed by atoms with Crippen LogP contribution < -0.4 is 14.8 Å². The van der Waals surface area contributed by atoms with Crippen molar-refractivity contribution in [2.75, 3.05) is 13.7 Å². The highest BCUT2D eigenvalue weighted by atomic mass is 16.5. The summed E-state index contributed by atoms with van der Waals surface area (Å²) < 4.78 is 16.7. The highest BCUT2D eigenvalue weighted by Gasteiger charge is 2.41. The Labute approximate surface area is 234 Å². The number of phenolic OH excluding ortho intramolecular Hbond substituents is 1. The summed E-state index contributed by atoms with van der Waals surface area (Å²) in [4.78, 5) is 27.5. The molecule has 1 aliphatic heterocycles. The summed E-state index contributed by atoms with van der Waals surface area (Å²) >= 11 is 0. The molecule has 3 aromatic carbocycles. The number of rotatable bonds is 8. The van der Waals surface area contributed by atoms with Gasteiger partial charge in [-0.15, -0.1) is 0 Å². The van der Waals surface area contributed by atoms with Crippen LogP contribution in [0.4, 0.5) is 0 Å². The summed E-state index contributed by atoms with van der Waals surface area (Å²) in [5.74, 6) is -0.150. The smallest absolute Gasteiger partial charge is 0.337 e. The summed E-state index contributed by atoms with van der Waals surface area (Å²) in [7, 11) is 1.63. The second kappa shape index (κ2) is 11.7. The molecule has 2 N–H and O–H groups in total. The first-order valence-corrected chi connectivity index (χ1v) is 13.4. The van der Waals surface area contributed by atoms with Gasteiger partial charge in [0.1, 0.15) is 12.4 Å². The van der Waals surface area contributed by atoms with E-state index >= 15 is 0 Å². The third kappa shape index (κ3) is 5.45. The fourth-order valence-corrected chi connectivity index (χ4v) is 5.54. The number of carbonyl (C=O) groups is 2. The Bertz CT molecular complexity index is 1470. The first-order valence-electron chi connectivity index (χ1n) is 13.4. The number of ether oxygens (including phenoxy) is 3. The van der Waals surface area contributed by atoms with Crippen molar-refractivity contribution in [3.63, 3.8) is 0 Å². The van der Waals surface area contributed by atoms with Crippen molar-refractivity contribution in [2.24, 2.45) is 0 Å². The standard InChI is InChI=1S/C33H33NO6/c1-4-39-29-18-23(12-15-27(29)35)31-30(33(37)40-19-21-8-6-5-7-9-21)20(2)34-26-16-24(17-28(36)32(26)31)22-10-13-25(38-3)14-11-22/h5-15,18,24,31,34-35H,4,16-17,19H2,1-3H3/t24-,31-/m0/s1. The maximum absolute atomic E-state index is 13.9. The van der Waals surface area contributed by atoms with E-state index in [4.69, 9.17) is 14.2 Å². The molecular formula is C33H33NO6. The number of esters is 1. The van der Waals surface area contributed by atoms with Crippen molar-refractivity contribution >= 4 is 11.8 Å². The Hall–Kier alpha value is -4.52. The molecule has 0 bridgehead atoms. The summed E-state index contributed by atoms with van der Waals surface area (Å²) in [6, 6.07) is 22.2. The van der Waals surface area contributed by atoms with Gasteiger partial charge in [-0.3, -0.25) is 4.79 Å². The quantitative estimate of drug-likeness (QED) is 0.344. The first-order chi connectivity index (χ1) is 19.4. The second-order valence-electron chi connectivity index (χ2n) is 10.0. The number of phenols is 1.